The molecule has 21 heavy (non-hydrogen) atoms. The average molecular weight is 291 g/mol. The number of oxime groups is 1. The van der Waals surface area contributed by atoms with Gasteiger partial charge in [0.05, 0.1) is 11.8 Å². The van der Waals surface area contributed by atoms with Crippen LogP contribution in [-0.2, 0) is 0 Å². The Morgan fingerprint density at radius 1 is 1.19 bits per heavy atom. The summed E-state index contributed by atoms with van der Waals surface area (Å²) < 4.78 is 0. The van der Waals surface area contributed by atoms with E-state index < -0.39 is 0 Å². The van der Waals surface area contributed by atoms with E-state index in [4.69, 9.17) is 0 Å². The zero-order chi connectivity index (χ0) is 15.7. The van der Waals surface area contributed by atoms with Crippen LogP contribution < -0.4 is 0 Å². The number of aliphatic hydroxyl groups excluding tert-OH is 1. The summed E-state index contributed by atoms with van der Waals surface area (Å²) in [6.45, 7) is 6.12. The fraction of sp³-hybridized carbons (Fsp3) is 0.611. The van der Waals surface area contributed by atoms with Crippen molar-refractivity contribution in [3.05, 3.63) is 35.9 Å². The molecular weight excluding hydrogens is 262 g/mol. The average Bonchev–Trinajstić information content (AvgIpc) is 2.50. The van der Waals surface area contributed by atoms with Crippen LogP contribution in [0.1, 0.15) is 58.4 Å². The predicted molar refractivity (Wildman–Crippen MR) is 87.9 cm³/mol. The minimum absolute atomic E-state index is 0.266. The molecule has 0 radical (unpaired) electrons. The van der Waals surface area contributed by atoms with Crippen LogP contribution in [0.4, 0.5) is 0 Å². The molecule has 1 aromatic carbocycles. The summed E-state index contributed by atoms with van der Waals surface area (Å²) in [6.07, 6.45) is 4.88. The van der Waals surface area contributed by atoms with Gasteiger partial charge in [-0.1, -0.05) is 68.6 Å². The lowest BCUT2D eigenvalue weighted by Crippen LogP contribution is -2.19. The van der Waals surface area contributed by atoms with E-state index in [1.54, 1.807) is 0 Å². The number of hydrogen-bond donors (Lipinski definition) is 2. The van der Waals surface area contributed by atoms with Crippen LogP contribution in [0.2, 0.25) is 0 Å². The maximum Gasteiger partial charge on any atom is 0.0870 e. The summed E-state index contributed by atoms with van der Waals surface area (Å²) in [5.41, 5.74) is 1.72. The lowest BCUT2D eigenvalue weighted by atomic mass is 9.84. The molecule has 0 saturated heterocycles. The molecule has 1 rings (SSSR count). The molecular formula is C18H29NO2. The Kier molecular flexibility index (Phi) is 8.06. The summed E-state index contributed by atoms with van der Waals surface area (Å²) in [7, 11) is 0. The molecule has 0 aliphatic heterocycles. The van der Waals surface area contributed by atoms with Gasteiger partial charge in [-0.05, 0) is 37.2 Å². The van der Waals surface area contributed by atoms with Gasteiger partial charge in [0, 0.05) is 0 Å². The smallest absolute Gasteiger partial charge is 0.0870 e. The van der Waals surface area contributed by atoms with E-state index >= 15 is 0 Å². The maximum atomic E-state index is 9.72. The van der Waals surface area contributed by atoms with Crippen molar-refractivity contribution < 1.29 is 10.3 Å². The van der Waals surface area contributed by atoms with Crippen molar-refractivity contribution in [2.45, 2.75) is 59.0 Å². The lowest BCUT2D eigenvalue weighted by molar-refractivity contribution is 0.118. The van der Waals surface area contributed by atoms with Crippen molar-refractivity contribution in [2.75, 3.05) is 0 Å². The van der Waals surface area contributed by atoms with Crippen LogP contribution in [0.15, 0.2) is 35.5 Å². The maximum absolute atomic E-state index is 9.72. The first-order chi connectivity index (χ1) is 10.1. The molecule has 0 fully saturated rings. The van der Waals surface area contributed by atoms with E-state index in [9.17, 15) is 10.3 Å². The van der Waals surface area contributed by atoms with E-state index in [0.717, 1.165) is 37.0 Å². The van der Waals surface area contributed by atoms with Crippen molar-refractivity contribution in [3.63, 3.8) is 0 Å². The Bertz CT molecular complexity index is 414. The molecule has 118 valence electrons. The van der Waals surface area contributed by atoms with Gasteiger partial charge in [0.2, 0.25) is 0 Å². The van der Waals surface area contributed by atoms with Gasteiger partial charge < -0.3 is 10.3 Å². The molecule has 1 aromatic rings. The summed E-state index contributed by atoms with van der Waals surface area (Å²) in [4.78, 5) is 0. The summed E-state index contributed by atoms with van der Waals surface area (Å²) >= 11 is 0. The Hall–Kier alpha value is -1.35. The van der Waals surface area contributed by atoms with Crippen LogP contribution in [-0.4, -0.2) is 22.1 Å². The highest BCUT2D eigenvalue weighted by molar-refractivity contribution is 6.00. The second-order valence-corrected chi connectivity index (χ2v) is 6.08. The van der Waals surface area contributed by atoms with Gasteiger partial charge in [-0.15, -0.1) is 0 Å². The fourth-order valence-corrected chi connectivity index (χ4v) is 2.64. The van der Waals surface area contributed by atoms with Gasteiger partial charge >= 0.3 is 0 Å². The van der Waals surface area contributed by atoms with Crippen molar-refractivity contribution >= 4 is 5.71 Å². The normalized spacial score (nSPS) is 16.5. The third-order valence-electron chi connectivity index (χ3n) is 4.20. The summed E-state index contributed by atoms with van der Waals surface area (Å²) in [5.74, 6) is 0.711. The SMILES string of the molecule is CCCCC(CC(=NO)c1ccccc1)CC(C)C(C)O. The first kappa shape index (κ1) is 17.7. The van der Waals surface area contributed by atoms with Crippen molar-refractivity contribution in [2.24, 2.45) is 17.0 Å². The molecule has 3 atom stereocenters. The number of rotatable bonds is 9. The van der Waals surface area contributed by atoms with E-state index in [1.807, 2.05) is 37.3 Å². The number of unbranched alkanes of at least 4 members (excludes halogenated alkanes) is 1. The highest BCUT2D eigenvalue weighted by Crippen LogP contribution is 2.25. The molecule has 2 N–H and O–H groups in total. The third kappa shape index (κ3) is 6.30. The van der Waals surface area contributed by atoms with Gasteiger partial charge in [-0.25, -0.2) is 0 Å². The Balaban J connectivity index is 2.74. The van der Waals surface area contributed by atoms with Gasteiger partial charge in [0.15, 0.2) is 0 Å². The molecule has 0 bridgehead atoms. The zero-order valence-corrected chi connectivity index (χ0v) is 13.5. The van der Waals surface area contributed by atoms with E-state index in [2.05, 4.69) is 19.0 Å². The van der Waals surface area contributed by atoms with Gasteiger partial charge in [-0.2, -0.15) is 0 Å². The number of aliphatic hydroxyl groups is 1. The number of nitrogens with zero attached hydrogens (tertiary/aromatic N) is 1. The van der Waals surface area contributed by atoms with Gasteiger partial charge in [-0.3, -0.25) is 0 Å². The Labute approximate surface area is 128 Å². The molecule has 3 heteroatoms. The van der Waals surface area contributed by atoms with E-state index in [-0.39, 0.29) is 12.0 Å². The van der Waals surface area contributed by atoms with E-state index in [1.165, 1.54) is 6.42 Å². The summed E-state index contributed by atoms with van der Waals surface area (Å²) in [5, 5.41) is 22.6. The second kappa shape index (κ2) is 9.56. The molecule has 0 spiro atoms. The predicted octanol–water partition coefficient (Wildman–Crippen LogP) is 4.47. The Morgan fingerprint density at radius 2 is 1.86 bits per heavy atom. The fourth-order valence-electron chi connectivity index (χ4n) is 2.64. The van der Waals surface area contributed by atoms with Gasteiger partial charge in [0.25, 0.3) is 0 Å². The molecule has 0 aliphatic carbocycles. The monoisotopic (exact) mass is 291 g/mol. The van der Waals surface area contributed by atoms with Gasteiger partial charge in [0.1, 0.15) is 0 Å². The molecule has 0 heterocycles. The topological polar surface area (TPSA) is 52.8 Å². The molecule has 0 aliphatic rings. The molecule has 3 nitrogen and oxygen atoms in total. The van der Waals surface area contributed by atoms with Crippen LogP contribution >= 0.6 is 0 Å². The van der Waals surface area contributed by atoms with Crippen molar-refractivity contribution in [1.82, 2.24) is 0 Å². The minimum Gasteiger partial charge on any atom is -0.411 e. The van der Waals surface area contributed by atoms with Crippen molar-refractivity contribution in [3.8, 4) is 0 Å². The molecule has 0 saturated carbocycles. The van der Waals surface area contributed by atoms with Crippen LogP contribution in [0.5, 0.6) is 0 Å². The summed E-state index contributed by atoms with van der Waals surface area (Å²) in [6, 6.07) is 9.83. The lowest BCUT2D eigenvalue weighted by Gasteiger charge is -2.23. The number of benzene rings is 1. The van der Waals surface area contributed by atoms with Crippen LogP contribution in [0.3, 0.4) is 0 Å². The zero-order valence-electron chi connectivity index (χ0n) is 13.5. The molecule has 0 aromatic heterocycles. The Morgan fingerprint density at radius 3 is 2.38 bits per heavy atom. The highest BCUT2D eigenvalue weighted by Gasteiger charge is 2.19. The van der Waals surface area contributed by atoms with Crippen molar-refractivity contribution in [1.29, 1.82) is 0 Å². The van der Waals surface area contributed by atoms with Crippen LogP contribution in [0, 0.1) is 11.8 Å². The first-order valence-corrected chi connectivity index (χ1v) is 8.02. The quantitative estimate of drug-likeness (QED) is 0.401. The molecule has 3 unspecified atom stereocenters. The molecule has 0 amide bonds. The largest absolute Gasteiger partial charge is 0.411 e. The number of hydrogen-bond acceptors (Lipinski definition) is 3. The van der Waals surface area contributed by atoms with Crippen LogP contribution in [0.25, 0.3) is 0 Å². The van der Waals surface area contributed by atoms with E-state index in [0.29, 0.717) is 5.92 Å². The standard InChI is InChI=1S/C18H29NO2/c1-4-5-9-16(12-14(2)15(3)20)13-18(19-21)17-10-7-6-8-11-17/h6-8,10-11,14-16,20-21H,4-5,9,12-13H2,1-3H3. The first-order valence-electron chi connectivity index (χ1n) is 8.02. The third-order valence-corrected chi connectivity index (χ3v) is 4.20. The highest BCUT2D eigenvalue weighted by atomic mass is 16.4. The minimum atomic E-state index is -0.291. The second-order valence-electron chi connectivity index (χ2n) is 6.08.